The first kappa shape index (κ1) is 17.8. The van der Waals surface area contributed by atoms with Gasteiger partial charge in [0.05, 0.1) is 30.5 Å². The van der Waals surface area contributed by atoms with Crippen molar-refractivity contribution < 1.29 is 17.9 Å². The van der Waals surface area contributed by atoms with E-state index < -0.39 is 10.0 Å². The standard InChI is InChI=1S/C19H18N2O4S/c1-24-14-9-11-15(12-10-14)26(22,23)21-17-7-5-13-20-19(17)16-6-3-4-8-18(16)25-2/h3-13,21H,1-2H3. The number of hydrogen-bond acceptors (Lipinski definition) is 5. The number of ether oxygens (including phenoxy) is 2. The van der Waals surface area contributed by atoms with Gasteiger partial charge in [-0.15, -0.1) is 0 Å². The lowest BCUT2D eigenvalue weighted by atomic mass is 10.1. The van der Waals surface area contributed by atoms with E-state index in [0.29, 0.717) is 28.4 Å². The second-order valence-corrected chi connectivity index (χ2v) is 7.06. The summed E-state index contributed by atoms with van der Waals surface area (Å²) in [6.45, 7) is 0. The molecule has 0 amide bonds. The van der Waals surface area contributed by atoms with Crippen molar-refractivity contribution in [2.45, 2.75) is 4.90 Å². The van der Waals surface area contributed by atoms with Crippen LogP contribution in [0.3, 0.4) is 0 Å². The fourth-order valence-electron chi connectivity index (χ4n) is 2.50. The Bertz CT molecular complexity index is 1000. The molecule has 6 nitrogen and oxygen atoms in total. The van der Waals surface area contributed by atoms with E-state index in [2.05, 4.69) is 9.71 Å². The first-order chi connectivity index (χ1) is 12.5. The Hall–Kier alpha value is -3.06. The van der Waals surface area contributed by atoms with Crippen LogP contribution in [-0.4, -0.2) is 27.6 Å². The molecule has 0 unspecified atom stereocenters. The SMILES string of the molecule is COc1ccc(S(=O)(=O)Nc2cccnc2-c2ccccc2OC)cc1. The van der Waals surface area contributed by atoms with E-state index in [1.165, 1.54) is 19.2 Å². The van der Waals surface area contributed by atoms with Crippen molar-refractivity contribution in [1.29, 1.82) is 0 Å². The minimum absolute atomic E-state index is 0.133. The summed E-state index contributed by atoms with van der Waals surface area (Å²) in [4.78, 5) is 4.47. The fourth-order valence-corrected chi connectivity index (χ4v) is 3.57. The summed E-state index contributed by atoms with van der Waals surface area (Å²) in [6, 6.07) is 16.8. The molecule has 2 aromatic carbocycles. The number of rotatable bonds is 6. The molecule has 1 heterocycles. The topological polar surface area (TPSA) is 77.5 Å². The number of sulfonamides is 1. The summed E-state index contributed by atoms with van der Waals surface area (Å²) < 4.78 is 38.5. The third-order valence-electron chi connectivity index (χ3n) is 3.78. The molecule has 0 bridgehead atoms. The molecule has 26 heavy (non-hydrogen) atoms. The lowest BCUT2D eigenvalue weighted by Crippen LogP contribution is -2.14. The lowest BCUT2D eigenvalue weighted by molar-refractivity contribution is 0.414. The van der Waals surface area contributed by atoms with Crippen LogP contribution in [0.15, 0.2) is 71.8 Å². The van der Waals surface area contributed by atoms with Crippen molar-refractivity contribution in [3.8, 4) is 22.8 Å². The average Bonchev–Trinajstić information content (AvgIpc) is 2.68. The number of para-hydroxylation sites is 1. The zero-order chi connectivity index (χ0) is 18.6. The van der Waals surface area contributed by atoms with Gasteiger partial charge >= 0.3 is 0 Å². The second kappa shape index (κ2) is 7.45. The third-order valence-corrected chi connectivity index (χ3v) is 5.17. The molecule has 134 valence electrons. The van der Waals surface area contributed by atoms with Crippen molar-refractivity contribution in [1.82, 2.24) is 4.98 Å². The van der Waals surface area contributed by atoms with E-state index >= 15 is 0 Å². The van der Waals surface area contributed by atoms with E-state index in [1.54, 1.807) is 43.6 Å². The summed E-state index contributed by atoms with van der Waals surface area (Å²) in [5.41, 5.74) is 1.55. The highest BCUT2D eigenvalue weighted by atomic mass is 32.2. The number of pyridine rings is 1. The van der Waals surface area contributed by atoms with Gasteiger partial charge < -0.3 is 9.47 Å². The molecular weight excluding hydrogens is 352 g/mol. The first-order valence-electron chi connectivity index (χ1n) is 7.80. The van der Waals surface area contributed by atoms with Gasteiger partial charge in [-0.1, -0.05) is 12.1 Å². The highest BCUT2D eigenvalue weighted by Gasteiger charge is 2.18. The Morgan fingerprint density at radius 3 is 2.31 bits per heavy atom. The number of benzene rings is 2. The molecule has 0 radical (unpaired) electrons. The predicted octanol–water partition coefficient (Wildman–Crippen LogP) is 3.57. The smallest absolute Gasteiger partial charge is 0.261 e. The van der Waals surface area contributed by atoms with Crippen molar-refractivity contribution in [2.24, 2.45) is 0 Å². The van der Waals surface area contributed by atoms with E-state index in [4.69, 9.17) is 9.47 Å². The van der Waals surface area contributed by atoms with Gasteiger partial charge in [0.1, 0.15) is 11.5 Å². The van der Waals surface area contributed by atoms with Crippen molar-refractivity contribution in [3.63, 3.8) is 0 Å². The van der Waals surface area contributed by atoms with E-state index in [9.17, 15) is 8.42 Å². The van der Waals surface area contributed by atoms with Crippen LogP contribution in [0.5, 0.6) is 11.5 Å². The Morgan fingerprint density at radius 2 is 1.62 bits per heavy atom. The maximum Gasteiger partial charge on any atom is 0.261 e. The number of hydrogen-bond donors (Lipinski definition) is 1. The Labute approximate surface area is 152 Å². The van der Waals surface area contributed by atoms with Crippen LogP contribution in [-0.2, 0) is 10.0 Å². The van der Waals surface area contributed by atoms with Crippen LogP contribution >= 0.6 is 0 Å². The van der Waals surface area contributed by atoms with E-state index in [0.717, 1.165) is 0 Å². The van der Waals surface area contributed by atoms with Crippen LogP contribution in [0.25, 0.3) is 11.3 Å². The minimum atomic E-state index is -3.77. The normalized spacial score (nSPS) is 11.0. The van der Waals surface area contributed by atoms with Gasteiger partial charge in [0, 0.05) is 11.8 Å². The molecule has 3 rings (SSSR count). The monoisotopic (exact) mass is 370 g/mol. The number of anilines is 1. The van der Waals surface area contributed by atoms with E-state index in [-0.39, 0.29) is 4.90 Å². The predicted molar refractivity (Wildman–Crippen MR) is 100 cm³/mol. The molecule has 0 saturated heterocycles. The Balaban J connectivity index is 2.00. The maximum absolute atomic E-state index is 12.7. The molecule has 1 aromatic heterocycles. The zero-order valence-electron chi connectivity index (χ0n) is 14.3. The first-order valence-corrected chi connectivity index (χ1v) is 9.29. The maximum atomic E-state index is 12.7. The van der Waals surface area contributed by atoms with Crippen LogP contribution in [0.4, 0.5) is 5.69 Å². The summed E-state index contributed by atoms with van der Waals surface area (Å²) in [5, 5.41) is 0. The van der Waals surface area contributed by atoms with Gasteiger partial charge in [-0.2, -0.15) is 0 Å². The van der Waals surface area contributed by atoms with E-state index in [1.807, 2.05) is 18.2 Å². The number of nitrogens with one attached hydrogen (secondary N) is 1. The number of aromatic nitrogens is 1. The molecule has 0 aliphatic rings. The molecule has 0 spiro atoms. The second-order valence-electron chi connectivity index (χ2n) is 5.38. The van der Waals surface area contributed by atoms with Gasteiger partial charge in [-0.3, -0.25) is 9.71 Å². The quantitative estimate of drug-likeness (QED) is 0.718. The van der Waals surface area contributed by atoms with Crippen molar-refractivity contribution >= 4 is 15.7 Å². The van der Waals surface area contributed by atoms with Gasteiger partial charge in [0.15, 0.2) is 0 Å². The third kappa shape index (κ3) is 3.62. The molecule has 0 aliphatic carbocycles. The molecular formula is C19H18N2O4S. The van der Waals surface area contributed by atoms with Crippen LogP contribution in [0.1, 0.15) is 0 Å². The summed E-state index contributed by atoms with van der Waals surface area (Å²) in [7, 11) is -0.692. The Kier molecular flexibility index (Phi) is 5.09. The van der Waals surface area contributed by atoms with Gasteiger partial charge in [-0.25, -0.2) is 8.42 Å². The lowest BCUT2D eigenvalue weighted by Gasteiger charge is -2.14. The van der Waals surface area contributed by atoms with Crippen molar-refractivity contribution in [2.75, 3.05) is 18.9 Å². The largest absolute Gasteiger partial charge is 0.497 e. The summed E-state index contributed by atoms with van der Waals surface area (Å²) in [5.74, 6) is 1.19. The molecule has 3 aromatic rings. The number of methoxy groups -OCH3 is 2. The van der Waals surface area contributed by atoms with Crippen molar-refractivity contribution in [3.05, 3.63) is 66.9 Å². The molecule has 7 heteroatoms. The highest BCUT2D eigenvalue weighted by molar-refractivity contribution is 7.92. The molecule has 0 aliphatic heterocycles. The van der Waals surface area contributed by atoms with Gasteiger partial charge in [0.25, 0.3) is 10.0 Å². The molecule has 0 saturated carbocycles. The summed E-state index contributed by atoms with van der Waals surface area (Å²) in [6.07, 6.45) is 1.60. The van der Waals surface area contributed by atoms with Crippen LogP contribution in [0, 0.1) is 0 Å². The van der Waals surface area contributed by atoms with Crippen LogP contribution in [0.2, 0.25) is 0 Å². The van der Waals surface area contributed by atoms with Crippen LogP contribution < -0.4 is 14.2 Å². The highest BCUT2D eigenvalue weighted by Crippen LogP contribution is 2.34. The number of nitrogens with zero attached hydrogens (tertiary/aromatic N) is 1. The fraction of sp³-hybridized carbons (Fsp3) is 0.105. The molecule has 0 fully saturated rings. The Morgan fingerprint density at radius 1 is 0.885 bits per heavy atom. The van der Waals surface area contributed by atoms with Gasteiger partial charge in [-0.05, 0) is 48.5 Å². The summed E-state index contributed by atoms with van der Waals surface area (Å²) >= 11 is 0. The van der Waals surface area contributed by atoms with Gasteiger partial charge in [0.2, 0.25) is 0 Å². The molecule has 1 N–H and O–H groups in total. The minimum Gasteiger partial charge on any atom is -0.497 e. The average molecular weight is 370 g/mol. The molecule has 0 atom stereocenters. The zero-order valence-corrected chi connectivity index (χ0v) is 15.2.